The lowest BCUT2D eigenvalue weighted by molar-refractivity contribution is 0.0950. The zero-order chi connectivity index (χ0) is 15.4. The lowest BCUT2D eigenvalue weighted by atomic mass is 10.1. The van der Waals surface area contributed by atoms with E-state index in [0.717, 1.165) is 21.8 Å². The lowest BCUT2D eigenvalue weighted by Gasteiger charge is -2.09. The number of aromatic nitrogens is 2. The summed E-state index contributed by atoms with van der Waals surface area (Å²) in [6.45, 7) is 2.44. The van der Waals surface area contributed by atoms with Gasteiger partial charge in [-0.25, -0.2) is 4.98 Å². The molecule has 0 fully saturated rings. The van der Waals surface area contributed by atoms with Crippen molar-refractivity contribution in [3.05, 3.63) is 71.0 Å². The molecular weight excluding hydrogens is 294 g/mol. The van der Waals surface area contributed by atoms with Gasteiger partial charge in [0.15, 0.2) is 0 Å². The van der Waals surface area contributed by atoms with Crippen molar-refractivity contribution in [1.82, 2.24) is 15.3 Å². The molecule has 1 aromatic carbocycles. The van der Waals surface area contributed by atoms with Crippen molar-refractivity contribution >= 4 is 17.2 Å². The highest BCUT2D eigenvalue weighted by Gasteiger charge is 2.10. The summed E-state index contributed by atoms with van der Waals surface area (Å²) in [7, 11) is 0. The topological polar surface area (TPSA) is 54.9 Å². The second kappa shape index (κ2) is 6.49. The molecule has 4 nitrogen and oxygen atoms in total. The van der Waals surface area contributed by atoms with Crippen LogP contribution in [0, 0.1) is 6.92 Å². The van der Waals surface area contributed by atoms with Gasteiger partial charge in [0.2, 0.25) is 0 Å². The fraction of sp³-hybridized carbons (Fsp3) is 0.118. The SMILES string of the molecule is Cc1csc(-c2ccccc2CNC(=O)c2cccnc2)n1. The average molecular weight is 309 g/mol. The first-order chi connectivity index (χ1) is 10.7. The van der Waals surface area contributed by atoms with Crippen LogP contribution in [-0.4, -0.2) is 15.9 Å². The molecule has 0 saturated heterocycles. The number of amides is 1. The van der Waals surface area contributed by atoms with Crippen molar-refractivity contribution in [2.45, 2.75) is 13.5 Å². The summed E-state index contributed by atoms with van der Waals surface area (Å²) in [4.78, 5) is 20.6. The Labute approximate surface area is 132 Å². The summed E-state index contributed by atoms with van der Waals surface area (Å²) in [5.41, 5.74) is 3.68. The molecule has 0 atom stereocenters. The number of nitrogens with one attached hydrogen (secondary N) is 1. The van der Waals surface area contributed by atoms with Crippen LogP contribution in [0.2, 0.25) is 0 Å². The summed E-state index contributed by atoms with van der Waals surface area (Å²) in [5.74, 6) is -0.127. The molecule has 0 aliphatic carbocycles. The summed E-state index contributed by atoms with van der Waals surface area (Å²) in [6.07, 6.45) is 3.21. The Morgan fingerprint density at radius 1 is 1.23 bits per heavy atom. The maximum atomic E-state index is 12.1. The number of rotatable bonds is 4. The zero-order valence-electron chi connectivity index (χ0n) is 12.1. The van der Waals surface area contributed by atoms with Crippen LogP contribution in [0.1, 0.15) is 21.6 Å². The van der Waals surface area contributed by atoms with E-state index in [-0.39, 0.29) is 5.91 Å². The Kier molecular flexibility index (Phi) is 4.25. The van der Waals surface area contributed by atoms with Gasteiger partial charge in [-0.1, -0.05) is 24.3 Å². The molecule has 0 saturated carbocycles. The van der Waals surface area contributed by atoms with E-state index in [4.69, 9.17) is 0 Å². The molecule has 0 aliphatic rings. The van der Waals surface area contributed by atoms with Gasteiger partial charge in [-0.3, -0.25) is 9.78 Å². The summed E-state index contributed by atoms with van der Waals surface area (Å²) < 4.78 is 0. The fourth-order valence-electron chi connectivity index (χ4n) is 2.14. The normalized spacial score (nSPS) is 10.4. The summed E-state index contributed by atoms with van der Waals surface area (Å²) >= 11 is 1.61. The largest absolute Gasteiger partial charge is 0.348 e. The molecular formula is C17H15N3OS. The molecule has 0 bridgehead atoms. The minimum atomic E-state index is -0.127. The zero-order valence-corrected chi connectivity index (χ0v) is 12.9. The number of pyridine rings is 1. The Balaban J connectivity index is 1.77. The molecule has 5 heteroatoms. The van der Waals surface area contributed by atoms with Gasteiger partial charge in [0.1, 0.15) is 5.01 Å². The van der Waals surface area contributed by atoms with Crippen LogP contribution in [0.15, 0.2) is 54.2 Å². The van der Waals surface area contributed by atoms with Crippen LogP contribution in [0.5, 0.6) is 0 Å². The van der Waals surface area contributed by atoms with Crippen LogP contribution in [0.3, 0.4) is 0 Å². The maximum Gasteiger partial charge on any atom is 0.253 e. The van der Waals surface area contributed by atoms with E-state index in [1.165, 1.54) is 0 Å². The number of nitrogens with zero attached hydrogens (tertiary/aromatic N) is 2. The van der Waals surface area contributed by atoms with Crippen molar-refractivity contribution in [3.63, 3.8) is 0 Å². The van der Waals surface area contributed by atoms with Crippen LogP contribution in [0.4, 0.5) is 0 Å². The molecule has 3 aromatic rings. The highest BCUT2D eigenvalue weighted by Crippen LogP contribution is 2.26. The first kappa shape index (κ1) is 14.4. The van der Waals surface area contributed by atoms with Crippen molar-refractivity contribution in [2.24, 2.45) is 0 Å². The molecule has 1 amide bonds. The first-order valence-electron chi connectivity index (χ1n) is 6.92. The first-order valence-corrected chi connectivity index (χ1v) is 7.80. The third kappa shape index (κ3) is 3.20. The van der Waals surface area contributed by atoms with E-state index < -0.39 is 0 Å². The van der Waals surface area contributed by atoms with Gasteiger partial charge >= 0.3 is 0 Å². The van der Waals surface area contributed by atoms with Crippen molar-refractivity contribution in [2.75, 3.05) is 0 Å². The van der Waals surface area contributed by atoms with Gasteiger partial charge in [-0.2, -0.15) is 0 Å². The number of hydrogen-bond donors (Lipinski definition) is 1. The van der Waals surface area contributed by atoms with Gasteiger partial charge in [-0.15, -0.1) is 11.3 Å². The molecule has 0 spiro atoms. The number of hydrogen-bond acceptors (Lipinski definition) is 4. The minimum absolute atomic E-state index is 0.127. The Morgan fingerprint density at radius 3 is 2.82 bits per heavy atom. The fourth-order valence-corrected chi connectivity index (χ4v) is 2.99. The molecule has 0 radical (unpaired) electrons. The van der Waals surface area contributed by atoms with E-state index in [1.54, 1.807) is 35.9 Å². The van der Waals surface area contributed by atoms with E-state index >= 15 is 0 Å². The molecule has 2 aromatic heterocycles. The third-order valence-electron chi connectivity index (χ3n) is 3.23. The van der Waals surface area contributed by atoms with E-state index in [1.807, 2.05) is 36.6 Å². The maximum absolute atomic E-state index is 12.1. The third-order valence-corrected chi connectivity index (χ3v) is 4.22. The average Bonchev–Trinajstić information content (AvgIpc) is 3.00. The van der Waals surface area contributed by atoms with Crippen LogP contribution >= 0.6 is 11.3 Å². The molecule has 22 heavy (non-hydrogen) atoms. The monoisotopic (exact) mass is 309 g/mol. The predicted molar refractivity (Wildman–Crippen MR) is 87.7 cm³/mol. The lowest BCUT2D eigenvalue weighted by Crippen LogP contribution is -2.23. The standard InChI is InChI=1S/C17H15N3OS/c1-12-11-22-17(20-12)15-7-3-2-5-13(15)10-19-16(21)14-6-4-8-18-9-14/h2-9,11H,10H2,1H3,(H,19,21). The van der Waals surface area contributed by atoms with E-state index in [9.17, 15) is 4.79 Å². The van der Waals surface area contributed by atoms with E-state index in [0.29, 0.717) is 12.1 Å². The number of carbonyl (C=O) groups is 1. The van der Waals surface area contributed by atoms with Crippen molar-refractivity contribution in [1.29, 1.82) is 0 Å². The molecule has 3 rings (SSSR count). The number of carbonyl (C=O) groups excluding carboxylic acids is 1. The van der Waals surface area contributed by atoms with Gasteiger partial charge < -0.3 is 5.32 Å². The second-order valence-corrected chi connectivity index (χ2v) is 5.73. The molecule has 2 heterocycles. The van der Waals surface area contributed by atoms with Gasteiger partial charge in [0, 0.05) is 35.6 Å². The molecule has 1 N–H and O–H groups in total. The highest BCUT2D eigenvalue weighted by molar-refractivity contribution is 7.13. The minimum Gasteiger partial charge on any atom is -0.348 e. The van der Waals surface area contributed by atoms with Crippen molar-refractivity contribution in [3.8, 4) is 10.6 Å². The predicted octanol–water partition coefficient (Wildman–Crippen LogP) is 3.44. The molecule has 0 unspecified atom stereocenters. The molecule has 110 valence electrons. The quantitative estimate of drug-likeness (QED) is 0.803. The number of aryl methyl sites for hydroxylation is 1. The smallest absolute Gasteiger partial charge is 0.253 e. The van der Waals surface area contributed by atoms with Gasteiger partial charge in [-0.05, 0) is 24.6 Å². The van der Waals surface area contributed by atoms with Crippen LogP contribution < -0.4 is 5.32 Å². The Morgan fingerprint density at radius 2 is 2.09 bits per heavy atom. The van der Waals surface area contributed by atoms with Gasteiger partial charge in [0.25, 0.3) is 5.91 Å². The Bertz CT molecular complexity index is 783. The molecule has 0 aliphatic heterocycles. The summed E-state index contributed by atoms with van der Waals surface area (Å²) in [6, 6.07) is 11.5. The number of thiazole rings is 1. The van der Waals surface area contributed by atoms with Gasteiger partial charge in [0.05, 0.1) is 5.56 Å². The van der Waals surface area contributed by atoms with Crippen LogP contribution in [0.25, 0.3) is 10.6 Å². The number of benzene rings is 1. The highest BCUT2D eigenvalue weighted by atomic mass is 32.1. The van der Waals surface area contributed by atoms with Crippen molar-refractivity contribution < 1.29 is 4.79 Å². The Hall–Kier alpha value is -2.53. The second-order valence-electron chi connectivity index (χ2n) is 4.88. The summed E-state index contributed by atoms with van der Waals surface area (Å²) in [5, 5.41) is 5.93. The van der Waals surface area contributed by atoms with Crippen LogP contribution in [-0.2, 0) is 6.54 Å². The van der Waals surface area contributed by atoms with E-state index in [2.05, 4.69) is 15.3 Å².